The van der Waals surface area contributed by atoms with Crippen molar-refractivity contribution in [3.63, 3.8) is 0 Å². The van der Waals surface area contributed by atoms with Crippen LogP contribution in [-0.2, 0) is 0 Å². The molecule has 0 saturated carbocycles. The van der Waals surface area contributed by atoms with E-state index in [2.05, 4.69) is 5.32 Å². The average molecular weight is 289 g/mol. The monoisotopic (exact) mass is 289 g/mol. The molecule has 1 aliphatic rings. The number of aliphatic hydroxyl groups excluding tert-OH is 1. The van der Waals surface area contributed by atoms with Crippen molar-refractivity contribution < 1.29 is 19.0 Å². The van der Waals surface area contributed by atoms with E-state index < -0.39 is 0 Å². The number of anilines is 1. The minimum Gasteiger partial charge on any atom is -0.486 e. The van der Waals surface area contributed by atoms with Gasteiger partial charge in [0.05, 0.1) is 12.6 Å². The summed E-state index contributed by atoms with van der Waals surface area (Å²) in [7, 11) is 0. The number of fused-ring (bicyclic) bond motifs is 1. The number of hydrogen-bond donors (Lipinski definition) is 2. The van der Waals surface area contributed by atoms with E-state index in [4.69, 9.17) is 9.47 Å². The van der Waals surface area contributed by atoms with Gasteiger partial charge in [-0.05, 0) is 42.0 Å². The molecular weight excluding hydrogens is 273 g/mol. The van der Waals surface area contributed by atoms with Crippen LogP contribution in [0.1, 0.15) is 11.6 Å². The number of aliphatic hydroxyl groups is 1. The van der Waals surface area contributed by atoms with Crippen molar-refractivity contribution in [1.29, 1.82) is 0 Å². The molecule has 3 rings (SSSR count). The van der Waals surface area contributed by atoms with Gasteiger partial charge in [-0.3, -0.25) is 0 Å². The minimum absolute atomic E-state index is 0.0863. The van der Waals surface area contributed by atoms with Crippen molar-refractivity contribution >= 4 is 5.69 Å². The molecule has 2 aromatic rings. The minimum atomic E-state index is -0.300. The molecule has 1 unspecified atom stereocenters. The Morgan fingerprint density at radius 2 is 1.76 bits per heavy atom. The van der Waals surface area contributed by atoms with Gasteiger partial charge in [-0.15, -0.1) is 0 Å². The molecule has 1 heterocycles. The highest BCUT2D eigenvalue weighted by atomic mass is 19.1. The van der Waals surface area contributed by atoms with Crippen molar-refractivity contribution in [3.05, 3.63) is 53.8 Å². The van der Waals surface area contributed by atoms with Crippen LogP contribution in [0.25, 0.3) is 0 Å². The van der Waals surface area contributed by atoms with Crippen LogP contribution in [0, 0.1) is 5.82 Å². The topological polar surface area (TPSA) is 50.7 Å². The Morgan fingerprint density at radius 1 is 1.05 bits per heavy atom. The zero-order valence-corrected chi connectivity index (χ0v) is 11.4. The molecule has 0 spiro atoms. The molecule has 2 N–H and O–H groups in total. The highest BCUT2D eigenvalue weighted by molar-refractivity contribution is 5.49. The van der Waals surface area contributed by atoms with Gasteiger partial charge < -0.3 is 19.9 Å². The standard InChI is InChI=1S/C16H16FNO3/c17-12-2-4-13(5-3-12)18-14(10-19)11-1-6-15-16(9-11)21-8-7-20-15/h1-6,9,14,18-19H,7-8,10H2. The first-order chi connectivity index (χ1) is 10.3. The third-order valence-corrected chi connectivity index (χ3v) is 3.34. The number of hydrogen-bond acceptors (Lipinski definition) is 4. The molecule has 2 aromatic carbocycles. The van der Waals surface area contributed by atoms with E-state index >= 15 is 0 Å². The fourth-order valence-corrected chi connectivity index (χ4v) is 2.26. The molecule has 21 heavy (non-hydrogen) atoms. The van der Waals surface area contributed by atoms with Crippen molar-refractivity contribution in [1.82, 2.24) is 0 Å². The maximum atomic E-state index is 12.9. The lowest BCUT2D eigenvalue weighted by atomic mass is 10.1. The van der Waals surface area contributed by atoms with E-state index in [1.807, 2.05) is 18.2 Å². The number of halogens is 1. The molecule has 110 valence electrons. The van der Waals surface area contributed by atoms with Gasteiger partial charge >= 0.3 is 0 Å². The van der Waals surface area contributed by atoms with Gasteiger partial charge in [0, 0.05) is 5.69 Å². The summed E-state index contributed by atoms with van der Waals surface area (Å²) in [6.07, 6.45) is 0. The van der Waals surface area contributed by atoms with Crippen LogP contribution < -0.4 is 14.8 Å². The fourth-order valence-electron chi connectivity index (χ4n) is 2.26. The number of rotatable bonds is 4. The van der Waals surface area contributed by atoms with Crippen LogP contribution in [0.2, 0.25) is 0 Å². The van der Waals surface area contributed by atoms with Crippen LogP contribution in [0.3, 0.4) is 0 Å². The Kier molecular flexibility index (Phi) is 3.92. The molecule has 1 aliphatic heterocycles. The zero-order valence-electron chi connectivity index (χ0n) is 11.4. The van der Waals surface area contributed by atoms with E-state index in [1.165, 1.54) is 12.1 Å². The predicted molar refractivity (Wildman–Crippen MR) is 77.3 cm³/mol. The molecule has 0 fully saturated rings. The Labute approximate surface area is 122 Å². The Morgan fingerprint density at radius 3 is 2.48 bits per heavy atom. The van der Waals surface area contributed by atoms with E-state index in [9.17, 15) is 9.50 Å². The second kappa shape index (κ2) is 6.01. The lowest BCUT2D eigenvalue weighted by Crippen LogP contribution is -2.18. The van der Waals surface area contributed by atoms with Gasteiger partial charge in [-0.2, -0.15) is 0 Å². The zero-order chi connectivity index (χ0) is 14.7. The average Bonchev–Trinajstić information content (AvgIpc) is 2.54. The summed E-state index contributed by atoms with van der Waals surface area (Å²) in [5.41, 5.74) is 1.62. The Bertz CT molecular complexity index is 615. The van der Waals surface area contributed by atoms with Gasteiger partial charge in [0.15, 0.2) is 11.5 Å². The van der Waals surface area contributed by atoms with Crippen LogP contribution in [0.5, 0.6) is 11.5 Å². The first-order valence-corrected chi connectivity index (χ1v) is 6.79. The fraction of sp³-hybridized carbons (Fsp3) is 0.250. The lowest BCUT2D eigenvalue weighted by molar-refractivity contribution is 0.171. The highest BCUT2D eigenvalue weighted by Gasteiger charge is 2.16. The van der Waals surface area contributed by atoms with Crippen LogP contribution >= 0.6 is 0 Å². The van der Waals surface area contributed by atoms with E-state index in [-0.39, 0.29) is 18.5 Å². The SMILES string of the molecule is OCC(Nc1ccc(F)cc1)c1ccc2c(c1)OCCO2. The van der Waals surface area contributed by atoms with E-state index in [1.54, 1.807) is 12.1 Å². The third-order valence-electron chi connectivity index (χ3n) is 3.34. The molecule has 0 aromatic heterocycles. The Hall–Kier alpha value is -2.27. The molecule has 5 heteroatoms. The molecule has 0 saturated heterocycles. The number of ether oxygens (including phenoxy) is 2. The van der Waals surface area contributed by atoms with Crippen molar-refractivity contribution in [2.75, 3.05) is 25.1 Å². The quantitative estimate of drug-likeness (QED) is 0.908. The molecule has 0 radical (unpaired) electrons. The molecular formula is C16H16FNO3. The first kappa shape index (κ1) is 13.7. The maximum Gasteiger partial charge on any atom is 0.161 e. The van der Waals surface area contributed by atoms with E-state index in [0.29, 0.717) is 24.7 Å². The number of nitrogens with one attached hydrogen (secondary N) is 1. The van der Waals surface area contributed by atoms with Crippen LogP contribution in [-0.4, -0.2) is 24.9 Å². The second-order valence-corrected chi connectivity index (χ2v) is 4.79. The van der Waals surface area contributed by atoms with Crippen molar-refractivity contribution in [3.8, 4) is 11.5 Å². The molecule has 0 amide bonds. The van der Waals surface area contributed by atoms with Gasteiger partial charge in [0.2, 0.25) is 0 Å². The highest BCUT2D eigenvalue weighted by Crippen LogP contribution is 2.33. The van der Waals surface area contributed by atoms with Gasteiger partial charge in [0.25, 0.3) is 0 Å². The van der Waals surface area contributed by atoms with E-state index in [0.717, 1.165) is 11.3 Å². The lowest BCUT2D eigenvalue weighted by Gasteiger charge is -2.22. The van der Waals surface area contributed by atoms with Crippen LogP contribution in [0.4, 0.5) is 10.1 Å². The van der Waals surface area contributed by atoms with Gasteiger partial charge in [-0.1, -0.05) is 6.07 Å². The third kappa shape index (κ3) is 3.08. The summed E-state index contributed by atoms with van der Waals surface area (Å²) >= 11 is 0. The van der Waals surface area contributed by atoms with Crippen molar-refractivity contribution in [2.45, 2.75) is 6.04 Å². The Balaban J connectivity index is 1.81. The summed E-state index contributed by atoms with van der Waals surface area (Å²) in [6, 6.07) is 11.3. The molecule has 0 aliphatic carbocycles. The summed E-state index contributed by atoms with van der Waals surface area (Å²) in [5.74, 6) is 1.10. The predicted octanol–water partition coefficient (Wildman–Crippen LogP) is 2.74. The van der Waals surface area contributed by atoms with Gasteiger partial charge in [0.1, 0.15) is 19.0 Å². The second-order valence-electron chi connectivity index (χ2n) is 4.79. The molecule has 1 atom stereocenters. The first-order valence-electron chi connectivity index (χ1n) is 6.79. The summed E-state index contributed by atoms with van der Waals surface area (Å²) < 4.78 is 23.9. The van der Waals surface area contributed by atoms with Crippen molar-refractivity contribution in [2.24, 2.45) is 0 Å². The summed E-state index contributed by atoms with van der Waals surface area (Å²) in [6.45, 7) is 0.978. The largest absolute Gasteiger partial charge is 0.486 e. The smallest absolute Gasteiger partial charge is 0.161 e. The van der Waals surface area contributed by atoms with Gasteiger partial charge in [-0.25, -0.2) is 4.39 Å². The summed E-state index contributed by atoms with van der Waals surface area (Å²) in [4.78, 5) is 0. The van der Waals surface area contributed by atoms with Crippen LogP contribution in [0.15, 0.2) is 42.5 Å². The number of benzene rings is 2. The molecule has 4 nitrogen and oxygen atoms in total. The maximum absolute atomic E-state index is 12.9. The summed E-state index contributed by atoms with van der Waals surface area (Å²) in [5, 5.41) is 12.8. The normalized spacial score (nSPS) is 14.6. The molecule has 0 bridgehead atoms.